The van der Waals surface area contributed by atoms with Gasteiger partial charge in [0.05, 0.1) is 0 Å². The molecule has 0 saturated heterocycles. The molecule has 6 heteroatoms. The molecule has 0 fully saturated rings. The number of rotatable bonds is 3. The van der Waals surface area contributed by atoms with E-state index in [1.54, 1.807) is 6.07 Å². The molecule has 2 aromatic rings. The van der Waals surface area contributed by atoms with Gasteiger partial charge in [-0.2, -0.15) is 0 Å². The predicted molar refractivity (Wildman–Crippen MR) is 77.1 cm³/mol. The first-order valence-electron chi connectivity index (χ1n) is 5.85. The van der Waals surface area contributed by atoms with Gasteiger partial charge < -0.3 is 5.43 Å². The summed E-state index contributed by atoms with van der Waals surface area (Å²) in [5, 5.41) is 0. The lowest BCUT2D eigenvalue weighted by Gasteiger charge is -2.11. The predicted octanol–water partition coefficient (Wildman–Crippen LogP) is 3.20. The molecule has 0 amide bonds. The molecular formula is C13H14BrFN4. The van der Waals surface area contributed by atoms with E-state index in [-0.39, 0.29) is 5.82 Å². The molecule has 0 radical (unpaired) electrons. The number of nitrogen functional groups attached to an aromatic ring is 1. The monoisotopic (exact) mass is 324 g/mol. The Bertz CT molecular complexity index is 570. The van der Waals surface area contributed by atoms with Gasteiger partial charge in [-0.25, -0.2) is 20.2 Å². The highest BCUT2D eigenvalue weighted by atomic mass is 79.9. The van der Waals surface area contributed by atoms with Crippen molar-refractivity contribution in [2.75, 3.05) is 5.43 Å². The third kappa shape index (κ3) is 2.90. The third-order valence-corrected chi connectivity index (χ3v) is 3.30. The van der Waals surface area contributed by atoms with Gasteiger partial charge in [0.2, 0.25) is 0 Å². The smallest absolute Gasteiger partial charge is 0.161 e. The molecule has 0 aliphatic rings. The number of aryl methyl sites for hydroxylation is 1. The number of hydrazine groups is 1. The zero-order valence-electron chi connectivity index (χ0n) is 10.7. The maximum absolute atomic E-state index is 13.4. The van der Waals surface area contributed by atoms with Crippen molar-refractivity contribution < 1.29 is 4.39 Å². The van der Waals surface area contributed by atoms with E-state index < -0.39 is 0 Å². The Hall–Kier alpha value is -1.53. The van der Waals surface area contributed by atoms with Crippen molar-refractivity contribution in [2.24, 2.45) is 5.84 Å². The van der Waals surface area contributed by atoms with Crippen LogP contribution in [0.4, 0.5) is 10.2 Å². The number of halogens is 2. The Balaban J connectivity index is 2.61. The van der Waals surface area contributed by atoms with Crippen LogP contribution in [0.3, 0.4) is 0 Å². The Morgan fingerprint density at radius 2 is 2.05 bits per heavy atom. The molecule has 0 atom stereocenters. The van der Waals surface area contributed by atoms with Gasteiger partial charge in [-0.15, -0.1) is 0 Å². The molecule has 0 bridgehead atoms. The van der Waals surface area contributed by atoms with Gasteiger partial charge in [-0.3, -0.25) is 0 Å². The van der Waals surface area contributed by atoms with Gasteiger partial charge >= 0.3 is 0 Å². The lowest BCUT2D eigenvalue weighted by molar-refractivity contribution is 0.627. The van der Waals surface area contributed by atoms with E-state index in [0.717, 1.165) is 17.7 Å². The molecule has 0 saturated carbocycles. The van der Waals surface area contributed by atoms with Crippen LogP contribution in [0.15, 0.2) is 22.7 Å². The number of nitrogens with zero attached hydrogens (tertiary/aromatic N) is 2. The summed E-state index contributed by atoms with van der Waals surface area (Å²) in [5.74, 6) is 6.13. The number of benzene rings is 1. The van der Waals surface area contributed by atoms with E-state index in [1.165, 1.54) is 12.1 Å². The zero-order valence-corrected chi connectivity index (χ0v) is 12.3. The van der Waals surface area contributed by atoms with Crippen LogP contribution in [-0.2, 0) is 6.42 Å². The van der Waals surface area contributed by atoms with E-state index in [4.69, 9.17) is 5.84 Å². The molecule has 1 heterocycles. The summed E-state index contributed by atoms with van der Waals surface area (Å²) in [6, 6.07) is 4.56. The number of aromatic nitrogens is 2. The van der Waals surface area contributed by atoms with Crippen LogP contribution in [0, 0.1) is 12.7 Å². The van der Waals surface area contributed by atoms with Gasteiger partial charge in [0.15, 0.2) is 5.82 Å². The van der Waals surface area contributed by atoms with Crippen molar-refractivity contribution in [3.05, 3.63) is 39.7 Å². The van der Waals surface area contributed by atoms with Crippen molar-refractivity contribution in [3.63, 3.8) is 0 Å². The molecule has 1 aromatic carbocycles. The van der Waals surface area contributed by atoms with Crippen LogP contribution < -0.4 is 11.3 Å². The molecule has 19 heavy (non-hydrogen) atoms. The second kappa shape index (κ2) is 5.63. The summed E-state index contributed by atoms with van der Waals surface area (Å²) in [4.78, 5) is 8.77. The minimum Gasteiger partial charge on any atom is -0.308 e. The van der Waals surface area contributed by atoms with Gasteiger partial charge in [-0.1, -0.05) is 22.9 Å². The number of nitrogens with two attached hydrogens (primary N) is 1. The Kier molecular flexibility index (Phi) is 4.11. The van der Waals surface area contributed by atoms with Crippen LogP contribution in [0.5, 0.6) is 0 Å². The second-order valence-electron chi connectivity index (χ2n) is 4.12. The number of nitrogens with one attached hydrogen (secondary N) is 1. The molecule has 4 nitrogen and oxygen atoms in total. The number of hydrogen-bond donors (Lipinski definition) is 2. The number of hydrogen-bond acceptors (Lipinski definition) is 4. The summed E-state index contributed by atoms with van der Waals surface area (Å²) in [6.45, 7) is 3.90. The quantitative estimate of drug-likeness (QED) is 0.672. The average Bonchev–Trinajstić information content (AvgIpc) is 2.37. The molecular weight excluding hydrogens is 311 g/mol. The molecule has 3 N–H and O–H groups in total. The van der Waals surface area contributed by atoms with Crippen molar-refractivity contribution >= 4 is 21.7 Å². The summed E-state index contributed by atoms with van der Waals surface area (Å²) in [5.41, 5.74) is 4.96. The van der Waals surface area contributed by atoms with Crippen molar-refractivity contribution in [1.82, 2.24) is 9.97 Å². The highest BCUT2D eigenvalue weighted by Gasteiger charge is 2.11. The van der Waals surface area contributed by atoms with Crippen molar-refractivity contribution in [1.29, 1.82) is 0 Å². The van der Waals surface area contributed by atoms with Crippen LogP contribution >= 0.6 is 15.9 Å². The zero-order chi connectivity index (χ0) is 14.0. The first-order chi connectivity index (χ1) is 9.05. The fraction of sp³-hybridized carbons (Fsp3) is 0.231. The first-order valence-corrected chi connectivity index (χ1v) is 6.65. The minimum absolute atomic E-state index is 0.339. The summed E-state index contributed by atoms with van der Waals surface area (Å²) in [6.07, 6.45) is 0.756. The molecule has 1 aromatic heterocycles. The summed E-state index contributed by atoms with van der Waals surface area (Å²) in [7, 11) is 0. The van der Waals surface area contributed by atoms with Crippen LogP contribution in [-0.4, -0.2) is 9.97 Å². The Labute approximate surface area is 119 Å². The van der Waals surface area contributed by atoms with E-state index in [9.17, 15) is 4.39 Å². The first kappa shape index (κ1) is 13.9. The fourth-order valence-electron chi connectivity index (χ4n) is 1.86. The molecule has 2 rings (SSSR count). The molecule has 0 aliphatic carbocycles. The van der Waals surface area contributed by atoms with Gasteiger partial charge in [0.1, 0.15) is 11.6 Å². The molecule has 0 aliphatic heterocycles. The molecule has 0 unspecified atom stereocenters. The lowest BCUT2D eigenvalue weighted by Crippen LogP contribution is -2.13. The third-order valence-electron chi connectivity index (χ3n) is 2.84. The molecule has 0 spiro atoms. The van der Waals surface area contributed by atoms with Gasteiger partial charge in [0, 0.05) is 21.3 Å². The van der Waals surface area contributed by atoms with Crippen LogP contribution in [0.25, 0.3) is 11.4 Å². The summed E-state index contributed by atoms with van der Waals surface area (Å²) < 4.78 is 14.1. The van der Waals surface area contributed by atoms with Crippen LogP contribution in [0.2, 0.25) is 0 Å². The fourth-order valence-corrected chi connectivity index (χ4v) is 2.33. The Morgan fingerprint density at radius 1 is 1.32 bits per heavy atom. The highest BCUT2D eigenvalue weighted by molar-refractivity contribution is 9.10. The Morgan fingerprint density at radius 3 is 2.63 bits per heavy atom. The van der Waals surface area contributed by atoms with Crippen LogP contribution in [0.1, 0.15) is 18.2 Å². The standard InChI is InChI=1S/C13H14BrFN4/c1-3-11-7(2)12(19-16)18-13(17-11)8-4-9(14)6-10(15)5-8/h4-6H,3,16H2,1-2H3,(H,17,18,19). The number of anilines is 1. The van der Waals surface area contributed by atoms with Gasteiger partial charge in [0.25, 0.3) is 0 Å². The topological polar surface area (TPSA) is 63.8 Å². The maximum atomic E-state index is 13.4. The second-order valence-corrected chi connectivity index (χ2v) is 5.04. The lowest BCUT2D eigenvalue weighted by atomic mass is 10.1. The largest absolute Gasteiger partial charge is 0.308 e. The molecule has 100 valence electrons. The van der Waals surface area contributed by atoms with Gasteiger partial charge in [-0.05, 0) is 31.5 Å². The highest BCUT2D eigenvalue weighted by Crippen LogP contribution is 2.25. The SMILES string of the molecule is CCc1nc(-c2cc(F)cc(Br)c2)nc(NN)c1C. The van der Waals surface area contributed by atoms with Crippen molar-refractivity contribution in [2.45, 2.75) is 20.3 Å². The van der Waals surface area contributed by atoms with E-state index in [0.29, 0.717) is 21.7 Å². The van der Waals surface area contributed by atoms with Crippen molar-refractivity contribution in [3.8, 4) is 11.4 Å². The normalized spacial score (nSPS) is 10.6. The average molecular weight is 325 g/mol. The van der Waals surface area contributed by atoms with E-state index in [1.807, 2.05) is 13.8 Å². The van der Waals surface area contributed by atoms with E-state index >= 15 is 0 Å². The van der Waals surface area contributed by atoms with E-state index in [2.05, 4.69) is 31.3 Å². The maximum Gasteiger partial charge on any atom is 0.161 e. The minimum atomic E-state index is -0.339. The summed E-state index contributed by atoms with van der Waals surface area (Å²) >= 11 is 3.26.